The number of ether oxygens (including phenoxy) is 3. The molecule has 1 aromatic rings. The van der Waals surface area contributed by atoms with Crippen LogP contribution in [0.5, 0.6) is 11.5 Å². The van der Waals surface area contributed by atoms with E-state index < -0.39 is 0 Å². The number of aryl methyl sites for hydroxylation is 1. The van der Waals surface area contributed by atoms with E-state index in [1.165, 1.54) is 5.56 Å². The van der Waals surface area contributed by atoms with Gasteiger partial charge in [0.1, 0.15) is 6.61 Å². The van der Waals surface area contributed by atoms with Crippen LogP contribution in [0.2, 0.25) is 0 Å². The molecule has 23 heavy (non-hydrogen) atoms. The molecule has 0 bridgehead atoms. The van der Waals surface area contributed by atoms with Crippen LogP contribution in [-0.2, 0) is 11.2 Å². The quantitative estimate of drug-likeness (QED) is 0.694. The molecule has 0 radical (unpaired) electrons. The summed E-state index contributed by atoms with van der Waals surface area (Å²) in [5, 5.41) is 0. The molecule has 1 aliphatic heterocycles. The number of hydrogen-bond donors (Lipinski definition) is 0. The molecule has 5 heteroatoms. The maximum atomic E-state index is 5.80. The highest BCUT2D eigenvalue weighted by atomic mass is 16.5. The fraction of sp³-hybridized carbons (Fsp3) is 0.667. The molecule has 0 unspecified atom stereocenters. The Morgan fingerprint density at radius 1 is 1.17 bits per heavy atom. The van der Waals surface area contributed by atoms with E-state index in [0.717, 1.165) is 63.7 Å². The third kappa shape index (κ3) is 6.37. The molecule has 0 spiro atoms. The molecular formula is C18H30N2O3. The number of benzene rings is 1. The average Bonchev–Trinajstić information content (AvgIpc) is 2.56. The number of hydrogen-bond acceptors (Lipinski definition) is 5. The minimum Gasteiger partial charge on any atom is -0.493 e. The molecule has 130 valence electrons. The molecular weight excluding hydrogens is 292 g/mol. The number of nitrogens with zero attached hydrogens (tertiary/aromatic N) is 2. The Hall–Kier alpha value is -1.30. The van der Waals surface area contributed by atoms with Crippen LogP contribution in [0.1, 0.15) is 12.0 Å². The predicted molar refractivity (Wildman–Crippen MR) is 92.6 cm³/mol. The van der Waals surface area contributed by atoms with E-state index in [9.17, 15) is 0 Å². The Kier molecular flexibility index (Phi) is 7.65. The summed E-state index contributed by atoms with van der Waals surface area (Å²) in [7, 11) is 5.78. The highest BCUT2D eigenvalue weighted by molar-refractivity contribution is 5.43. The molecule has 0 aliphatic carbocycles. The zero-order chi connectivity index (χ0) is 16.5. The molecule has 0 aromatic heterocycles. The third-order valence-electron chi connectivity index (χ3n) is 4.07. The van der Waals surface area contributed by atoms with Crippen molar-refractivity contribution in [3.63, 3.8) is 0 Å². The molecule has 1 heterocycles. The van der Waals surface area contributed by atoms with Crippen LogP contribution in [0.4, 0.5) is 0 Å². The fourth-order valence-corrected chi connectivity index (χ4v) is 2.66. The highest BCUT2D eigenvalue weighted by Gasteiger charge is 2.10. The van der Waals surface area contributed by atoms with Crippen molar-refractivity contribution in [2.75, 3.05) is 67.2 Å². The van der Waals surface area contributed by atoms with Gasteiger partial charge in [-0.25, -0.2) is 0 Å². The lowest BCUT2D eigenvalue weighted by Crippen LogP contribution is -2.36. The summed E-state index contributed by atoms with van der Waals surface area (Å²) in [6.07, 6.45) is 2.22. The van der Waals surface area contributed by atoms with Crippen molar-refractivity contribution in [2.24, 2.45) is 0 Å². The van der Waals surface area contributed by atoms with E-state index in [1.54, 1.807) is 7.11 Å². The Bertz CT molecular complexity index is 460. The van der Waals surface area contributed by atoms with Gasteiger partial charge in [-0.15, -0.1) is 0 Å². The summed E-state index contributed by atoms with van der Waals surface area (Å²) < 4.78 is 16.7. The summed E-state index contributed by atoms with van der Waals surface area (Å²) in [6.45, 7) is 6.54. The Morgan fingerprint density at radius 2 is 1.96 bits per heavy atom. The van der Waals surface area contributed by atoms with Gasteiger partial charge in [0.15, 0.2) is 11.5 Å². The monoisotopic (exact) mass is 322 g/mol. The van der Waals surface area contributed by atoms with Gasteiger partial charge in [-0.1, -0.05) is 6.07 Å². The van der Waals surface area contributed by atoms with Crippen LogP contribution >= 0.6 is 0 Å². The van der Waals surface area contributed by atoms with Crippen molar-refractivity contribution >= 4 is 0 Å². The van der Waals surface area contributed by atoms with Crippen molar-refractivity contribution in [3.05, 3.63) is 23.8 Å². The maximum Gasteiger partial charge on any atom is 0.161 e. The van der Waals surface area contributed by atoms with Gasteiger partial charge in [0, 0.05) is 19.6 Å². The average molecular weight is 322 g/mol. The summed E-state index contributed by atoms with van der Waals surface area (Å²) in [4.78, 5) is 4.58. The van der Waals surface area contributed by atoms with Gasteiger partial charge in [-0.05, 0) is 51.2 Å². The molecule has 1 fully saturated rings. The molecule has 1 aliphatic rings. The van der Waals surface area contributed by atoms with Gasteiger partial charge in [-0.3, -0.25) is 4.90 Å². The second-order valence-corrected chi connectivity index (χ2v) is 6.19. The normalized spacial score (nSPS) is 15.8. The molecule has 0 saturated carbocycles. The van der Waals surface area contributed by atoms with Crippen LogP contribution in [0.3, 0.4) is 0 Å². The zero-order valence-electron chi connectivity index (χ0n) is 14.7. The zero-order valence-corrected chi connectivity index (χ0v) is 14.7. The Labute approximate surface area is 140 Å². The van der Waals surface area contributed by atoms with Gasteiger partial charge < -0.3 is 19.1 Å². The van der Waals surface area contributed by atoms with Crippen molar-refractivity contribution in [3.8, 4) is 11.5 Å². The molecule has 1 aromatic carbocycles. The molecule has 1 saturated heterocycles. The van der Waals surface area contributed by atoms with Gasteiger partial charge in [0.2, 0.25) is 0 Å². The largest absolute Gasteiger partial charge is 0.493 e. The lowest BCUT2D eigenvalue weighted by Gasteiger charge is -2.26. The van der Waals surface area contributed by atoms with E-state index in [4.69, 9.17) is 14.2 Å². The van der Waals surface area contributed by atoms with Crippen LogP contribution in [0, 0.1) is 0 Å². The number of rotatable bonds is 9. The van der Waals surface area contributed by atoms with Crippen molar-refractivity contribution in [1.82, 2.24) is 9.80 Å². The SMILES string of the molecule is COc1cc(CCCN2CCOCC2)ccc1OCCN(C)C. The smallest absolute Gasteiger partial charge is 0.161 e. The second-order valence-electron chi connectivity index (χ2n) is 6.19. The van der Waals surface area contributed by atoms with Crippen molar-refractivity contribution in [1.29, 1.82) is 0 Å². The van der Waals surface area contributed by atoms with Crippen LogP contribution in [-0.4, -0.2) is 77.0 Å². The molecule has 0 atom stereocenters. The summed E-state index contributed by atoms with van der Waals surface area (Å²) in [5.74, 6) is 1.65. The van der Waals surface area contributed by atoms with Crippen LogP contribution in [0.25, 0.3) is 0 Å². The number of morpholine rings is 1. The van der Waals surface area contributed by atoms with E-state index in [1.807, 2.05) is 20.2 Å². The number of methoxy groups -OCH3 is 1. The third-order valence-corrected chi connectivity index (χ3v) is 4.07. The van der Waals surface area contributed by atoms with E-state index >= 15 is 0 Å². The maximum absolute atomic E-state index is 5.80. The van der Waals surface area contributed by atoms with Crippen molar-refractivity contribution < 1.29 is 14.2 Å². The predicted octanol–water partition coefficient (Wildman–Crippen LogP) is 1.90. The summed E-state index contributed by atoms with van der Waals surface area (Å²) >= 11 is 0. The first-order valence-electron chi connectivity index (χ1n) is 8.43. The summed E-state index contributed by atoms with van der Waals surface area (Å²) in [5.41, 5.74) is 1.30. The first kappa shape index (κ1) is 18.0. The van der Waals surface area contributed by atoms with Gasteiger partial charge in [-0.2, -0.15) is 0 Å². The van der Waals surface area contributed by atoms with E-state index in [2.05, 4.69) is 21.9 Å². The van der Waals surface area contributed by atoms with Gasteiger partial charge in [0.05, 0.1) is 20.3 Å². The fourth-order valence-electron chi connectivity index (χ4n) is 2.66. The second kappa shape index (κ2) is 9.75. The minimum absolute atomic E-state index is 0.666. The highest BCUT2D eigenvalue weighted by Crippen LogP contribution is 2.28. The lowest BCUT2D eigenvalue weighted by molar-refractivity contribution is 0.0374. The standard InChI is InChI=1S/C18H30N2O3/c1-19(2)9-14-23-17-7-6-16(15-18(17)21-3)5-4-8-20-10-12-22-13-11-20/h6-7,15H,4-5,8-14H2,1-3H3. The van der Waals surface area contributed by atoms with Crippen LogP contribution < -0.4 is 9.47 Å². The Morgan fingerprint density at radius 3 is 2.65 bits per heavy atom. The molecule has 2 rings (SSSR count). The first-order valence-corrected chi connectivity index (χ1v) is 8.43. The number of likely N-dealkylation sites (N-methyl/N-ethyl adjacent to an activating group) is 1. The van der Waals surface area contributed by atoms with Gasteiger partial charge in [0.25, 0.3) is 0 Å². The topological polar surface area (TPSA) is 34.2 Å². The molecule has 0 amide bonds. The van der Waals surface area contributed by atoms with Crippen molar-refractivity contribution in [2.45, 2.75) is 12.8 Å². The molecule has 0 N–H and O–H groups in total. The molecule has 5 nitrogen and oxygen atoms in total. The Balaban J connectivity index is 1.80. The van der Waals surface area contributed by atoms with E-state index in [0.29, 0.717) is 6.61 Å². The van der Waals surface area contributed by atoms with Crippen LogP contribution in [0.15, 0.2) is 18.2 Å². The summed E-state index contributed by atoms with van der Waals surface area (Å²) in [6, 6.07) is 6.27. The minimum atomic E-state index is 0.666. The van der Waals surface area contributed by atoms with Gasteiger partial charge >= 0.3 is 0 Å². The van der Waals surface area contributed by atoms with E-state index in [-0.39, 0.29) is 0 Å². The lowest BCUT2D eigenvalue weighted by atomic mass is 10.1. The first-order chi connectivity index (χ1) is 11.2.